The Bertz CT molecular complexity index is 895. The van der Waals surface area contributed by atoms with Crippen molar-refractivity contribution in [2.75, 3.05) is 19.7 Å². The average Bonchev–Trinajstić information content (AvgIpc) is 2.73. The molecular formula is C21H26N4O4. The minimum Gasteiger partial charge on any atom is -0.387 e. The van der Waals surface area contributed by atoms with Crippen molar-refractivity contribution >= 4 is 5.91 Å². The van der Waals surface area contributed by atoms with Crippen LogP contribution >= 0.6 is 0 Å². The maximum Gasteiger partial charge on any atom is 0.257 e. The number of ether oxygens (including phenoxy) is 1. The van der Waals surface area contributed by atoms with Gasteiger partial charge in [0.05, 0.1) is 23.5 Å². The third-order valence-corrected chi connectivity index (χ3v) is 6.11. The molecular weight excluding hydrogens is 372 g/mol. The summed E-state index contributed by atoms with van der Waals surface area (Å²) in [4.78, 5) is 27.7. The minimum absolute atomic E-state index is 0.132. The van der Waals surface area contributed by atoms with Gasteiger partial charge in [0.15, 0.2) is 5.82 Å². The molecule has 1 spiro atoms. The molecule has 2 aliphatic heterocycles. The predicted octanol–water partition coefficient (Wildman–Crippen LogP) is 1.35. The second-order valence-electron chi connectivity index (χ2n) is 8.15. The van der Waals surface area contributed by atoms with E-state index in [1.807, 2.05) is 12.1 Å². The molecule has 0 radical (unpaired) electrons. The van der Waals surface area contributed by atoms with E-state index in [0.29, 0.717) is 56.0 Å². The van der Waals surface area contributed by atoms with Gasteiger partial charge in [0.25, 0.3) is 5.91 Å². The summed E-state index contributed by atoms with van der Waals surface area (Å²) in [6.07, 6.45) is 5.32. The Morgan fingerprint density at radius 3 is 2.69 bits per heavy atom. The number of aliphatic hydroxyl groups is 2. The minimum atomic E-state index is -1.17. The maximum atomic E-state index is 13.0. The molecule has 4 rings (SSSR count). The van der Waals surface area contributed by atoms with Gasteiger partial charge in [-0.05, 0) is 38.8 Å². The Morgan fingerprint density at radius 2 is 2.03 bits per heavy atom. The third kappa shape index (κ3) is 3.63. The molecule has 1 amide bonds. The molecule has 4 heterocycles. The molecule has 8 heteroatoms. The Balaban J connectivity index is 1.48. The van der Waals surface area contributed by atoms with Crippen molar-refractivity contribution in [1.82, 2.24) is 19.9 Å². The topological polar surface area (TPSA) is 109 Å². The first-order valence-corrected chi connectivity index (χ1v) is 9.90. The smallest absolute Gasteiger partial charge is 0.257 e. The number of rotatable bonds is 2. The predicted molar refractivity (Wildman–Crippen MR) is 105 cm³/mol. The molecule has 2 saturated heterocycles. The van der Waals surface area contributed by atoms with Gasteiger partial charge < -0.3 is 19.8 Å². The fourth-order valence-electron chi connectivity index (χ4n) is 4.23. The van der Waals surface area contributed by atoms with Crippen LogP contribution in [0.2, 0.25) is 0 Å². The molecule has 0 aliphatic carbocycles. The van der Waals surface area contributed by atoms with Crippen LogP contribution in [0, 0.1) is 6.92 Å². The van der Waals surface area contributed by atoms with Gasteiger partial charge in [-0.2, -0.15) is 0 Å². The quantitative estimate of drug-likeness (QED) is 0.786. The highest BCUT2D eigenvalue weighted by molar-refractivity contribution is 5.95. The van der Waals surface area contributed by atoms with Crippen molar-refractivity contribution in [1.29, 1.82) is 0 Å². The summed E-state index contributed by atoms with van der Waals surface area (Å²) in [5.41, 5.74) is -0.0951. The molecule has 2 atom stereocenters. The molecule has 2 aromatic heterocycles. The van der Waals surface area contributed by atoms with Crippen LogP contribution in [0.1, 0.15) is 42.2 Å². The highest BCUT2D eigenvalue weighted by Gasteiger charge is 2.53. The van der Waals surface area contributed by atoms with Gasteiger partial charge in [-0.15, -0.1) is 0 Å². The molecule has 154 valence electrons. The van der Waals surface area contributed by atoms with Gasteiger partial charge in [0.2, 0.25) is 0 Å². The molecule has 0 bridgehead atoms. The summed E-state index contributed by atoms with van der Waals surface area (Å²) in [6.45, 7) is 4.72. The SMILES string of the molecule is Cc1nc(-c2cccnc2)ncc1C(=O)N1CCC2(CC1)OCC[C@@](C)(O)[C@@H]2O. The lowest BCUT2D eigenvalue weighted by Crippen LogP contribution is -2.64. The lowest BCUT2D eigenvalue weighted by Gasteiger charge is -2.51. The summed E-state index contributed by atoms with van der Waals surface area (Å²) < 4.78 is 5.90. The van der Waals surface area contributed by atoms with Crippen molar-refractivity contribution in [3.05, 3.63) is 42.0 Å². The molecule has 2 aliphatic rings. The van der Waals surface area contributed by atoms with Crippen molar-refractivity contribution in [2.45, 2.75) is 50.4 Å². The summed E-state index contributed by atoms with van der Waals surface area (Å²) in [6, 6.07) is 3.69. The molecule has 0 saturated carbocycles. The van der Waals surface area contributed by atoms with Crippen LogP contribution in [0.3, 0.4) is 0 Å². The number of hydrogen-bond acceptors (Lipinski definition) is 7. The second kappa shape index (κ2) is 7.44. The lowest BCUT2D eigenvalue weighted by atomic mass is 9.75. The van der Waals surface area contributed by atoms with E-state index < -0.39 is 17.3 Å². The Morgan fingerprint density at radius 1 is 1.28 bits per heavy atom. The van der Waals surface area contributed by atoms with Crippen molar-refractivity contribution in [3.63, 3.8) is 0 Å². The van der Waals surface area contributed by atoms with Gasteiger partial charge in [-0.25, -0.2) is 9.97 Å². The van der Waals surface area contributed by atoms with Crippen LogP contribution in [0.4, 0.5) is 0 Å². The van der Waals surface area contributed by atoms with Crippen LogP contribution in [-0.2, 0) is 4.74 Å². The highest BCUT2D eigenvalue weighted by atomic mass is 16.5. The second-order valence-corrected chi connectivity index (χ2v) is 8.15. The van der Waals surface area contributed by atoms with E-state index in [1.165, 1.54) is 0 Å². The summed E-state index contributed by atoms with van der Waals surface area (Å²) >= 11 is 0. The molecule has 2 fully saturated rings. The fourth-order valence-corrected chi connectivity index (χ4v) is 4.23. The van der Waals surface area contributed by atoms with E-state index in [4.69, 9.17) is 4.74 Å². The first-order valence-electron chi connectivity index (χ1n) is 9.90. The monoisotopic (exact) mass is 398 g/mol. The van der Waals surface area contributed by atoms with E-state index in [2.05, 4.69) is 15.0 Å². The van der Waals surface area contributed by atoms with Crippen LogP contribution in [0.5, 0.6) is 0 Å². The molecule has 0 aromatic carbocycles. The van der Waals surface area contributed by atoms with E-state index >= 15 is 0 Å². The Labute approximate surface area is 169 Å². The van der Waals surface area contributed by atoms with Crippen LogP contribution in [0.15, 0.2) is 30.7 Å². The number of nitrogens with zero attached hydrogens (tertiary/aromatic N) is 4. The molecule has 0 unspecified atom stereocenters. The van der Waals surface area contributed by atoms with Gasteiger partial charge in [0.1, 0.15) is 11.7 Å². The van der Waals surface area contributed by atoms with Crippen LogP contribution < -0.4 is 0 Å². The van der Waals surface area contributed by atoms with E-state index in [1.54, 1.807) is 37.3 Å². The standard InChI is InChI=1S/C21H26N4O4/c1-14-16(13-23-17(24-14)15-4-3-8-22-12-15)18(26)25-9-5-21(6-10-25)19(27)20(2,28)7-11-29-21/h3-4,8,12-13,19,27-28H,5-7,9-11H2,1-2H3/t19-,20+/m0/s1. The first-order chi connectivity index (χ1) is 13.8. The van der Waals surface area contributed by atoms with Crippen LogP contribution in [0.25, 0.3) is 11.4 Å². The first kappa shape index (κ1) is 19.9. The number of carbonyl (C=O) groups excluding carboxylic acids is 1. The Kier molecular flexibility index (Phi) is 5.10. The van der Waals surface area contributed by atoms with E-state index in [9.17, 15) is 15.0 Å². The zero-order valence-corrected chi connectivity index (χ0v) is 16.7. The summed E-state index contributed by atoms with van der Waals surface area (Å²) in [5, 5.41) is 21.1. The number of likely N-dealkylation sites (tertiary alicyclic amines) is 1. The highest BCUT2D eigenvalue weighted by Crippen LogP contribution is 2.40. The zero-order chi connectivity index (χ0) is 20.6. The van der Waals surface area contributed by atoms with Crippen molar-refractivity contribution < 1.29 is 19.7 Å². The van der Waals surface area contributed by atoms with E-state index in [0.717, 1.165) is 5.56 Å². The number of amides is 1. The molecule has 29 heavy (non-hydrogen) atoms. The van der Waals surface area contributed by atoms with Gasteiger partial charge in [-0.3, -0.25) is 9.78 Å². The van der Waals surface area contributed by atoms with E-state index in [-0.39, 0.29) is 5.91 Å². The van der Waals surface area contributed by atoms with Gasteiger partial charge in [-0.1, -0.05) is 0 Å². The van der Waals surface area contributed by atoms with Crippen LogP contribution in [-0.4, -0.2) is 73.0 Å². The van der Waals surface area contributed by atoms with Crippen molar-refractivity contribution in [3.8, 4) is 11.4 Å². The number of pyridine rings is 1. The van der Waals surface area contributed by atoms with Gasteiger partial charge >= 0.3 is 0 Å². The fraction of sp³-hybridized carbons (Fsp3) is 0.524. The maximum absolute atomic E-state index is 13.0. The average molecular weight is 398 g/mol. The zero-order valence-electron chi connectivity index (χ0n) is 16.7. The number of hydrogen-bond donors (Lipinski definition) is 2. The number of aliphatic hydroxyl groups excluding tert-OH is 1. The molecule has 2 N–H and O–H groups in total. The lowest BCUT2D eigenvalue weighted by molar-refractivity contribution is -0.244. The summed E-state index contributed by atoms with van der Waals surface area (Å²) in [5.74, 6) is 0.401. The largest absolute Gasteiger partial charge is 0.387 e. The number of aromatic nitrogens is 3. The van der Waals surface area contributed by atoms with Gasteiger partial charge in [0, 0.05) is 43.7 Å². The normalized spacial score (nSPS) is 26.5. The number of piperidine rings is 1. The number of aryl methyl sites for hydroxylation is 1. The number of carbonyl (C=O) groups is 1. The Hall–Kier alpha value is -2.42. The third-order valence-electron chi connectivity index (χ3n) is 6.11. The summed E-state index contributed by atoms with van der Waals surface area (Å²) in [7, 11) is 0. The molecule has 8 nitrogen and oxygen atoms in total. The van der Waals surface area contributed by atoms with Crippen molar-refractivity contribution in [2.24, 2.45) is 0 Å². The molecule has 2 aromatic rings.